The monoisotopic (exact) mass is 284 g/mol. The van der Waals surface area contributed by atoms with Crippen molar-refractivity contribution in [1.82, 2.24) is 0 Å². The number of halogens is 3. The molecule has 0 saturated carbocycles. The molecule has 0 amide bonds. The lowest BCUT2D eigenvalue weighted by molar-refractivity contribution is 0.501. The van der Waals surface area contributed by atoms with Crippen LogP contribution in [-0.2, 0) is 0 Å². The normalized spacial score (nSPS) is 10.6. The van der Waals surface area contributed by atoms with E-state index in [-0.39, 0.29) is 11.1 Å². The van der Waals surface area contributed by atoms with E-state index in [0.717, 1.165) is 6.07 Å². The quantitative estimate of drug-likeness (QED) is 0.550. The second kappa shape index (κ2) is 5.44. The first-order valence-electron chi connectivity index (χ1n) is 6.47. The Kier molecular flexibility index (Phi) is 3.48. The largest absolute Gasteiger partial charge is 0.206 e. The molecule has 0 aliphatic heterocycles. The van der Waals surface area contributed by atoms with Crippen molar-refractivity contribution in [2.75, 3.05) is 0 Å². The summed E-state index contributed by atoms with van der Waals surface area (Å²) in [5.41, 5.74) is 0.330. The van der Waals surface area contributed by atoms with Crippen molar-refractivity contribution in [2.45, 2.75) is 0 Å². The van der Waals surface area contributed by atoms with E-state index in [1.165, 1.54) is 0 Å². The minimum Gasteiger partial charge on any atom is -0.206 e. The van der Waals surface area contributed by atoms with Gasteiger partial charge in [0.2, 0.25) is 0 Å². The predicted molar refractivity (Wildman–Crippen MR) is 77.2 cm³/mol. The molecule has 0 saturated heterocycles. The molecule has 0 spiro atoms. The summed E-state index contributed by atoms with van der Waals surface area (Å²) in [6.45, 7) is 0. The summed E-state index contributed by atoms with van der Waals surface area (Å²) in [6, 6.07) is 17.5. The average molecular weight is 284 g/mol. The van der Waals surface area contributed by atoms with E-state index in [9.17, 15) is 13.2 Å². The van der Waals surface area contributed by atoms with Crippen LogP contribution in [0.4, 0.5) is 13.2 Å². The van der Waals surface area contributed by atoms with Gasteiger partial charge in [-0.05, 0) is 17.2 Å². The fourth-order valence-electron chi connectivity index (χ4n) is 2.29. The summed E-state index contributed by atoms with van der Waals surface area (Å²) in [6.07, 6.45) is 0. The first-order valence-corrected chi connectivity index (χ1v) is 6.47. The lowest BCUT2D eigenvalue weighted by atomic mass is 9.98. The predicted octanol–water partition coefficient (Wildman–Crippen LogP) is 5.44. The summed E-state index contributed by atoms with van der Waals surface area (Å²) >= 11 is 0. The zero-order valence-electron chi connectivity index (χ0n) is 11.0. The van der Waals surface area contributed by atoms with Crippen molar-refractivity contribution in [2.24, 2.45) is 0 Å². The molecule has 0 N–H and O–H groups in total. The fraction of sp³-hybridized carbons (Fsp3) is 0. The highest BCUT2D eigenvalue weighted by Crippen LogP contribution is 2.33. The van der Waals surface area contributed by atoms with E-state index >= 15 is 0 Å². The van der Waals surface area contributed by atoms with Crippen LogP contribution in [0.3, 0.4) is 0 Å². The molecule has 21 heavy (non-hydrogen) atoms. The Labute approximate surface area is 120 Å². The zero-order chi connectivity index (χ0) is 14.8. The molecular weight excluding hydrogens is 273 g/mol. The maximum atomic E-state index is 14.3. The molecule has 0 bridgehead atoms. The smallest absolute Gasteiger partial charge is 0.170 e. The third kappa shape index (κ3) is 2.42. The summed E-state index contributed by atoms with van der Waals surface area (Å²) in [4.78, 5) is 0. The van der Waals surface area contributed by atoms with Gasteiger partial charge in [-0.3, -0.25) is 0 Å². The van der Waals surface area contributed by atoms with Crippen LogP contribution in [0.2, 0.25) is 0 Å². The van der Waals surface area contributed by atoms with Crippen molar-refractivity contribution < 1.29 is 13.2 Å². The summed E-state index contributed by atoms with van der Waals surface area (Å²) in [7, 11) is 0. The molecule has 0 atom stereocenters. The number of hydrogen-bond donors (Lipinski definition) is 0. The van der Waals surface area contributed by atoms with Gasteiger partial charge >= 0.3 is 0 Å². The number of hydrogen-bond acceptors (Lipinski definition) is 0. The Balaban J connectivity index is 2.22. The van der Waals surface area contributed by atoms with Gasteiger partial charge in [0.25, 0.3) is 0 Å². The van der Waals surface area contributed by atoms with Crippen LogP contribution in [0.15, 0.2) is 66.7 Å². The minimum atomic E-state index is -1.17. The Morgan fingerprint density at radius 1 is 0.571 bits per heavy atom. The van der Waals surface area contributed by atoms with E-state index in [2.05, 4.69) is 0 Å². The van der Waals surface area contributed by atoms with Crippen LogP contribution in [0.5, 0.6) is 0 Å². The van der Waals surface area contributed by atoms with Gasteiger partial charge in [-0.2, -0.15) is 0 Å². The van der Waals surface area contributed by atoms with E-state index < -0.39 is 17.5 Å². The molecule has 0 aliphatic rings. The van der Waals surface area contributed by atoms with Gasteiger partial charge in [0.15, 0.2) is 11.6 Å². The van der Waals surface area contributed by atoms with E-state index in [1.54, 1.807) is 60.7 Å². The van der Waals surface area contributed by atoms with Gasteiger partial charge in [0.1, 0.15) is 5.82 Å². The van der Waals surface area contributed by atoms with Gasteiger partial charge in [-0.1, -0.05) is 60.7 Å². The van der Waals surface area contributed by atoms with Crippen molar-refractivity contribution in [3.05, 3.63) is 84.2 Å². The highest BCUT2D eigenvalue weighted by atomic mass is 19.2. The molecule has 0 heterocycles. The lowest BCUT2D eigenvalue weighted by Crippen LogP contribution is -1.98. The molecule has 0 fully saturated rings. The summed E-state index contributed by atoms with van der Waals surface area (Å²) < 4.78 is 42.8. The van der Waals surface area contributed by atoms with Gasteiger partial charge in [0.05, 0.1) is 5.56 Å². The SMILES string of the molecule is Fc1cc(-c2ccccc2)c(F)c(F)c1-c1ccccc1. The first kappa shape index (κ1) is 13.4. The Bertz CT molecular complexity index is 765. The molecule has 3 rings (SSSR count). The number of benzene rings is 3. The van der Waals surface area contributed by atoms with Crippen LogP contribution in [0.25, 0.3) is 22.3 Å². The average Bonchev–Trinajstić information content (AvgIpc) is 2.53. The van der Waals surface area contributed by atoms with Crippen LogP contribution < -0.4 is 0 Å². The van der Waals surface area contributed by atoms with E-state index in [0.29, 0.717) is 11.1 Å². The van der Waals surface area contributed by atoms with Gasteiger partial charge in [0, 0.05) is 5.56 Å². The second-order valence-electron chi connectivity index (χ2n) is 4.64. The van der Waals surface area contributed by atoms with Crippen molar-refractivity contribution in [3.8, 4) is 22.3 Å². The van der Waals surface area contributed by atoms with E-state index in [4.69, 9.17) is 0 Å². The Morgan fingerprint density at radius 3 is 1.67 bits per heavy atom. The van der Waals surface area contributed by atoms with Crippen LogP contribution in [0, 0.1) is 17.5 Å². The van der Waals surface area contributed by atoms with Gasteiger partial charge in [-0.15, -0.1) is 0 Å². The molecule has 0 unspecified atom stereocenters. The molecule has 3 aromatic carbocycles. The van der Waals surface area contributed by atoms with Gasteiger partial charge < -0.3 is 0 Å². The first-order chi connectivity index (χ1) is 10.2. The van der Waals surface area contributed by atoms with E-state index in [1.807, 2.05) is 0 Å². The van der Waals surface area contributed by atoms with Crippen LogP contribution in [0.1, 0.15) is 0 Å². The Morgan fingerprint density at radius 2 is 1.10 bits per heavy atom. The molecular formula is C18H11F3. The van der Waals surface area contributed by atoms with Crippen LogP contribution in [-0.4, -0.2) is 0 Å². The van der Waals surface area contributed by atoms with Crippen LogP contribution >= 0.6 is 0 Å². The molecule has 0 radical (unpaired) electrons. The minimum absolute atomic E-state index is 0.0784. The number of rotatable bonds is 2. The Hall–Kier alpha value is -2.55. The second-order valence-corrected chi connectivity index (χ2v) is 4.64. The standard InChI is InChI=1S/C18H11F3/c19-15-11-14(12-7-3-1-4-8-12)17(20)18(21)16(15)13-9-5-2-6-10-13/h1-11H. The molecule has 3 aromatic rings. The topological polar surface area (TPSA) is 0 Å². The highest BCUT2D eigenvalue weighted by Gasteiger charge is 2.20. The fourth-order valence-corrected chi connectivity index (χ4v) is 2.29. The zero-order valence-corrected chi connectivity index (χ0v) is 11.0. The van der Waals surface area contributed by atoms with Crippen molar-refractivity contribution >= 4 is 0 Å². The van der Waals surface area contributed by atoms with Gasteiger partial charge in [-0.25, -0.2) is 13.2 Å². The maximum absolute atomic E-state index is 14.3. The molecule has 104 valence electrons. The third-order valence-corrected chi connectivity index (χ3v) is 3.31. The maximum Gasteiger partial charge on any atom is 0.170 e. The molecule has 0 aromatic heterocycles. The molecule has 0 nitrogen and oxygen atoms in total. The lowest BCUT2D eigenvalue weighted by Gasteiger charge is -2.10. The molecule has 3 heteroatoms. The van der Waals surface area contributed by atoms with Crippen molar-refractivity contribution in [3.63, 3.8) is 0 Å². The third-order valence-electron chi connectivity index (χ3n) is 3.31. The van der Waals surface area contributed by atoms with Crippen molar-refractivity contribution in [1.29, 1.82) is 0 Å². The molecule has 0 aliphatic carbocycles. The summed E-state index contributed by atoms with van der Waals surface area (Å²) in [5.74, 6) is -2.99. The highest BCUT2D eigenvalue weighted by molar-refractivity contribution is 5.72. The summed E-state index contributed by atoms with van der Waals surface area (Å²) in [5, 5.41) is 0.